The van der Waals surface area contributed by atoms with E-state index in [1.54, 1.807) is 6.29 Å². The lowest BCUT2D eigenvalue weighted by atomic mass is 10.1. The average molecular weight is 129 g/mol. The van der Waals surface area contributed by atoms with Crippen LogP contribution in [0.1, 0.15) is 20.3 Å². The molecule has 0 N–H and O–H groups in total. The van der Waals surface area contributed by atoms with Crippen molar-refractivity contribution in [3.05, 3.63) is 0 Å². The Morgan fingerprint density at radius 3 is 2.67 bits per heavy atom. The van der Waals surface area contributed by atoms with Crippen molar-refractivity contribution >= 4 is 6.29 Å². The third-order valence-corrected chi connectivity index (χ3v) is 1.00. The van der Waals surface area contributed by atoms with Crippen LogP contribution in [0, 0.1) is 5.92 Å². The first-order valence-corrected chi connectivity index (χ1v) is 3.20. The molecule has 9 heavy (non-hydrogen) atoms. The molecule has 0 spiro atoms. The Balaban J connectivity index is 2.82. The molecular formula is C7H13O2. The quantitative estimate of drug-likeness (QED) is 0.521. The summed E-state index contributed by atoms with van der Waals surface area (Å²) in [5.41, 5.74) is 0. The predicted octanol–water partition coefficient (Wildman–Crippen LogP) is 1.16. The van der Waals surface area contributed by atoms with Gasteiger partial charge in [-0.25, -0.2) is 0 Å². The lowest BCUT2D eigenvalue weighted by Gasteiger charge is -2.01. The second kappa shape index (κ2) is 5.76. The maximum Gasteiger partial charge on any atom is 0.226 e. The van der Waals surface area contributed by atoms with Crippen LogP contribution in [-0.2, 0) is 9.53 Å². The number of hydrogen-bond donors (Lipinski definition) is 0. The Bertz CT molecular complexity index is 69.3. The lowest BCUT2D eigenvalue weighted by molar-refractivity contribution is 0.156. The van der Waals surface area contributed by atoms with Crippen LogP contribution >= 0.6 is 0 Å². The molecule has 2 nitrogen and oxygen atoms in total. The standard InChI is InChI=1S/C7H13O2/c1-7(2)3-5-9-6-4-8/h7H,3,5-6H2,1-2H3. The summed E-state index contributed by atoms with van der Waals surface area (Å²) in [4.78, 5) is 9.60. The second-order valence-electron chi connectivity index (χ2n) is 2.38. The van der Waals surface area contributed by atoms with Crippen LogP contribution in [0.25, 0.3) is 0 Å². The summed E-state index contributed by atoms with van der Waals surface area (Å²) in [6.07, 6.45) is 2.68. The SMILES string of the molecule is CC(C)CCOC[C]=O. The minimum Gasteiger partial charge on any atom is -0.373 e. The van der Waals surface area contributed by atoms with E-state index in [4.69, 9.17) is 4.74 Å². The summed E-state index contributed by atoms with van der Waals surface area (Å²) < 4.78 is 4.87. The molecule has 1 radical (unpaired) electrons. The minimum atomic E-state index is 0.118. The molecule has 0 bridgehead atoms. The van der Waals surface area contributed by atoms with Gasteiger partial charge in [0.25, 0.3) is 0 Å². The van der Waals surface area contributed by atoms with Crippen molar-refractivity contribution in [3.8, 4) is 0 Å². The monoisotopic (exact) mass is 129 g/mol. The van der Waals surface area contributed by atoms with Crippen molar-refractivity contribution in [1.29, 1.82) is 0 Å². The van der Waals surface area contributed by atoms with Crippen LogP contribution in [-0.4, -0.2) is 19.5 Å². The number of hydrogen-bond acceptors (Lipinski definition) is 2. The summed E-state index contributed by atoms with van der Waals surface area (Å²) in [7, 11) is 0. The maximum atomic E-state index is 9.60. The van der Waals surface area contributed by atoms with Crippen molar-refractivity contribution in [3.63, 3.8) is 0 Å². The van der Waals surface area contributed by atoms with Crippen molar-refractivity contribution in [2.24, 2.45) is 5.92 Å². The molecule has 0 saturated carbocycles. The smallest absolute Gasteiger partial charge is 0.226 e. The van der Waals surface area contributed by atoms with E-state index in [1.807, 2.05) is 0 Å². The van der Waals surface area contributed by atoms with Gasteiger partial charge in [-0.05, 0) is 12.3 Å². The predicted molar refractivity (Wildman–Crippen MR) is 36.0 cm³/mol. The maximum absolute atomic E-state index is 9.60. The minimum absolute atomic E-state index is 0.118. The van der Waals surface area contributed by atoms with Crippen LogP contribution in [0.5, 0.6) is 0 Å². The van der Waals surface area contributed by atoms with Crippen molar-refractivity contribution < 1.29 is 9.53 Å². The van der Waals surface area contributed by atoms with E-state index in [1.165, 1.54) is 0 Å². The molecule has 0 aromatic rings. The van der Waals surface area contributed by atoms with E-state index in [2.05, 4.69) is 13.8 Å². The van der Waals surface area contributed by atoms with Gasteiger partial charge in [0.05, 0.1) is 0 Å². The van der Waals surface area contributed by atoms with Gasteiger partial charge in [-0.2, -0.15) is 0 Å². The molecule has 0 aromatic carbocycles. The van der Waals surface area contributed by atoms with Gasteiger partial charge in [-0.15, -0.1) is 0 Å². The zero-order valence-corrected chi connectivity index (χ0v) is 6.02. The van der Waals surface area contributed by atoms with Gasteiger partial charge < -0.3 is 4.74 Å². The molecule has 0 aliphatic carbocycles. The average Bonchev–Trinajstić information content (AvgIpc) is 1.80. The van der Waals surface area contributed by atoms with Gasteiger partial charge in [0.15, 0.2) is 0 Å². The summed E-state index contributed by atoms with van der Waals surface area (Å²) in [6.45, 7) is 5.03. The molecule has 0 unspecified atom stereocenters. The van der Waals surface area contributed by atoms with Crippen LogP contribution < -0.4 is 0 Å². The molecule has 0 amide bonds. The third-order valence-electron chi connectivity index (χ3n) is 1.00. The lowest BCUT2D eigenvalue weighted by Crippen LogP contribution is -2.00. The van der Waals surface area contributed by atoms with Crippen LogP contribution in [0.2, 0.25) is 0 Å². The topological polar surface area (TPSA) is 26.3 Å². The summed E-state index contributed by atoms with van der Waals surface area (Å²) in [5, 5.41) is 0. The largest absolute Gasteiger partial charge is 0.373 e. The fourth-order valence-electron chi connectivity index (χ4n) is 0.433. The van der Waals surface area contributed by atoms with Gasteiger partial charge in [-0.1, -0.05) is 13.8 Å². The Kier molecular flexibility index (Phi) is 5.52. The first-order chi connectivity index (χ1) is 4.27. The zero-order chi connectivity index (χ0) is 7.11. The van der Waals surface area contributed by atoms with Gasteiger partial charge in [0.1, 0.15) is 6.61 Å². The van der Waals surface area contributed by atoms with E-state index < -0.39 is 0 Å². The molecule has 0 aromatic heterocycles. The molecule has 2 heteroatoms. The number of rotatable bonds is 5. The summed E-state index contributed by atoms with van der Waals surface area (Å²) in [6, 6.07) is 0. The van der Waals surface area contributed by atoms with Crippen molar-refractivity contribution in [2.45, 2.75) is 20.3 Å². The molecular weight excluding hydrogens is 116 g/mol. The molecule has 0 aliphatic heterocycles. The Morgan fingerprint density at radius 2 is 2.22 bits per heavy atom. The molecule has 0 heterocycles. The van der Waals surface area contributed by atoms with Gasteiger partial charge in [-0.3, -0.25) is 4.79 Å². The van der Waals surface area contributed by atoms with E-state index in [0.717, 1.165) is 6.42 Å². The van der Waals surface area contributed by atoms with Gasteiger partial charge in [0.2, 0.25) is 6.29 Å². The Labute approximate surface area is 56.2 Å². The summed E-state index contributed by atoms with van der Waals surface area (Å²) in [5.74, 6) is 0.650. The number of ether oxygens (including phenoxy) is 1. The number of carbonyl (C=O) groups excluding carboxylic acids is 1. The highest BCUT2D eigenvalue weighted by atomic mass is 16.5. The Hall–Kier alpha value is -0.370. The van der Waals surface area contributed by atoms with Crippen molar-refractivity contribution in [2.75, 3.05) is 13.2 Å². The zero-order valence-electron chi connectivity index (χ0n) is 6.02. The summed E-state index contributed by atoms with van der Waals surface area (Å²) >= 11 is 0. The fraction of sp³-hybridized carbons (Fsp3) is 0.857. The molecule has 0 fully saturated rings. The van der Waals surface area contributed by atoms with Crippen LogP contribution in [0.4, 0.5) is 0 Å². The normalized spacial score (nSPS) is 10.1. The second-order valence-corrected chi connectivity index (χ2v) is 2.38. The molecule has 0 rings (SSSR count). The van der Waals surface area contributed by atoms with E-state index >= 15 is 0 Å². The first kappa shape index (κ1) is 8.63. The van der Waals surface area contributed by atoms with Crippen molar-refractivity contribution in [1.82, 2.24) is 0 Å². The van der Waals surface area contributed by atoms with Gasteiger partial charge >= 0.3 is 0 Å². The van der Waals surface area contributed by atoms with E-state index in [9.17, 15) is 4.79 Å². The highest BCUT2D eigenvalue weighted by Gasteiger charge is 1.92. The van der Waals surface area contributed by atoms with Crippen LogP contribution in [0.3, 0.4) is 0 Å². The highest BCUT2D eigenvalue weighted by Crippen LogP contribution is 1.97. The van der Waals surface area contributed by atoms with Gasteiger partial charge in [0, 0.05) is 6.61 Å². The molecule has 0 saturated heterocycles. The third kappa shape index (κ3) is 7.63. The first-order valence-electron chi connectivity index (χ1n) is 3.20. The Morgan fingerprint density at radius 1 is 1.56 bits per heavy atom. The molecule has 53 valence electrons. The fourth-order valence-corrected chi connectivity index (χ4v) is 0.433. The van der Waals surface area contributed by atoms with Crippen LogP contribution in [0.15, 0.2) is 0 Å². The molecule has 0 atom stereocenters. The van der Waals surface area contributed by atoms with E-state index in [0.29, 0.717) is 12.5 Å². The molecule has 0 aliphatic rings. The van der Waals surface area contributed by atoms with E-state index in [-0.39, 0.29) is 6.61 Å². The highest BCUT2D eigenvalue weighted by molar-refractivity contribution is 5.51.